The van der Waals surface area contributed by atoms with Gasteiger partial charge in [0.05, 0.1) is 28.9 Å². The van der Waals surface area contributed by atoms with Crippen molar-refractivity contribution in [1.29, 1.82) is 0 Å². The summed E-state index contributed by atoms with van der Waals surface area (Å²) in [6.45, 7) is 1.70. The molecule has 0 radical (unpaired) electrons. The zero-order valence-electron chi connectivity index (χ0n) is 15.4. The molecule has 0 aliphatic carbocycles. The van der Waals surface area contributed by atoms with Crippen LogP contribution in [-0.2, 0) is 21.9 Å². The van der Waals surface area contributed by atoms with Crippen LogP contribution in [0.4, 0.5) is 26.3 Å². The zero-order valence-corrected chi connectivity index (χ0v) is 15.4. The van der Waals surface area contributed by atoms with Gasteiger partial charge >= 0.3 is 18.3 Å². The quantitative estimate of drug-likeness (QED) is 0.308. The molecule has 2 heterocycles. The van der Waals surface area contributed by atoms with Gasteiger partial charge in [-0.05, 0) is 37.3 Å². The van der Waals surface area contributed by atoms with Gasteiger partial charge in [-0.15, -0.1) is 0 Å². The van der Waals surface area contributed by atoms with E-state index < -0.39 is 29.4 Å². The number of hydrogen-bond donors (Lipinski definition) is 0. The van der Waals surface area contributed by atoms with Gasteiger partial charge in [-0.25, -0.2) is 9.78 Å². The van der Waals surface area contributed by atoms with Gasteiger partial charge in [0.1, 0.15) is 5.82 Å². The van der Waals surface area contributed by atoms with Crippen LogP contribution in [-0.4, -0.2) is 22.0 Å². The Morgan fingerprint density at radius 1 is 1.00 bits per heavy atom. The number of hydrogen-bond acceptors (Lipinski definition) is 3. The number of rotatable bonds is 4. The number of ether oxygens (including phenoxy) is 1. The Labute approximate surface area is 166 Å². The lowest BCUT2D eigenvalue weighted by atomic mass is 10.1. The number of alkyl halides is 6. The summed E-state index contributed by atoms with van der Waals surface area (Å²) in [5, 5.41) is 0. The number of imidazole rings is 1. The lowest BCUT2D eigenvalue weighted by molar-refractivity contribution is -0.138. The lowest BCUT2D eigenvalue weighted by Gasteiger charge is -2.08. The summed E-state index contributed by atoms with van der Waals surface area (Å²) in [5.74, 6) is -0.726. The smallest absolute Gasteiger partial charge is 0.417 e. The van der Waals surface area contributed by atoms with Crippen LogP contribution in [0, 0.1) is 0 Å². The molecule has 0 N–H and O–H groups in total. The van der Waals surface area contributed by atoms with Crippen molar-refractivity contribution >= 4 is 17.6 Å². The van der Waals surface area contributed by atoms with Gasteiger partial charge in [0.25, 0.3) is 0 Å². The Balaban J connectivity index is 2.14. The highest BCUT2D eigenvalue weighted by molar-refractivity contribution is 5.87. The molecule has 0 amide bonds. The van der Waals surface area contributed by atoms with Crippen molar-refractivity contribution in [3.05, 3.63) is 65.6 Å². The maximum absolute atomic E-state index is 13.1. The molecule has 1 aromatic carbocycles. The van der Waals surface area contributed by atoms with E-state index in [0.717, 1.165) is 34.9 Å². The molecule has 10 heteroatoms. The van der Waals surface area contributed by atoms with Crippen LogP contribution >= 0.6 is 0 Å². The van der Waals surface area contributed by atoms with Gasteiger partial charge in [-0.1, -0.05) is 12.1 Å². The number of halogens is 6. The van der Waals surface area contributed by atoms with Gasteiger partial charge in [0.15, 0.2) is 0 Å². The number of pyridine rings is 1. The predicted molar refractivity (Wildman–Crippen MR) is 96.3 cm³/mol. The van der Waals surface area contributed by atoms with E-state index in [2.05, 4.69) is 4.98 Å². The first-order valence-corrected chi connectivity index (χ1v) is 8.62. The summed E-state index contributed by atoms with van der Waals surface area (Å²) in [4.78, 5) is 15.8. The third-order valence-corrected chi connectivity index (χ3v) is 4.13. The fraction of sp³-hybridized carbons (Fsp3) is 0.200. The van der Waals surface area contributed by atoms with E-state index in [1.165, 1.54) is 24.3 Å². The second-order valence-electron chi connectivity index (χ2n) is 6.15. The van der Waals surface area contributed by atoms with Crippen LogP contribution in [0.15, 0.2) is 48.7 Å². The molecule has 3 aromatic rings. The molecule has 0 bridgehead atoms. The number of carbonyl (C=O) groups excluding carboxylic acids is 1. The van der Waals surface area contributed by atoms with Gasteiger partial charge in [-0.2, -0.15) is 26.3 Å². The Morgan fingerprint density at radius 2 is 1.60 bits per heavy atom. The first-order valence-electron chi connectivity index (χ1n) is 8.62. The Bertz CT molecular complexity index is 1100. The molecule has 0 aliphatic heterocycles. The van der Waals surface area contributed by atoms with Crippen LogP contribution in [0.1, 0.15) is 23.9 Å². The SMILES string of the molecule is CCOC(=O)/C=C/c1nc(-c2ccc(C(F)(F)F)cc2)c2ccc(C(F)(F)F)cn12. The van der Waals surface area contributed by atoms with Crippen molar-refractivity contribution in [1.82, 2.24) is 9.38 Å². The Hall–Kier alpha value is -3.30. The molecule has 0 fully saturated rings. The van der Waals surface area contributed by atoms with Crippen LogP contribution in [0.2, 0.25) is 0 Å². The van der Waals surface area contributed by atoms with Gasteiger partial charge in [0, 0.05) is 17.8 Å². The van der Waals surface area contributed by atoms with Gasteiger partial charge in [-0.3, -0.25) is 4.40 Å². The first-order chi connectivity index (χ1) is 14.0. The van der Waals surface area contributed by atoms with E-state index in [-0.39, 0.29) is 29.2 Å². The van der Waals surface area contributed by atoms with Crippen LogP contribution in [0.5, 0.6) is 0 Å². The van der Waals surface area contributed by atoms with E-state index in [4.69, 9.17) is 4.74 Å². The third-order valence-electron chi connectivity index (χ3n) is 4.13. The normalized spacial score (nSPS) is 12.6. The predicted octanol–water partition coefficient (Wildman–Crippen LogP) is 5.62. The fourth-order valence-corrected chi connectivity index (χ4v) is 2.76. The minimum atomic E-state index is -4.62. The number of esters is 1. The standard InChI is InChI=1S/C20H14F6N2O2/c1-2-30-17(29)10-9-16-27-18(12-3-5-13(6-4-12)19(21,22)23)15-8-7-14(11-28(15)16)20(24,25)26/h3-11H,2H2,1H3/b10-9+. The lowest BCUT2D eigenvalue weighted by Crippen LogP contribution is -2.06. The maximum Gasteiger partial charge on any atom is 0.417 e. The first kappa shape index (κ1) is 21.4. The highest BCUT2D eigenvalue weighted by atomic mass is 19.4. The van der Waals surface area contributed by atoms with E-state index >= 15 is 0 Å². The van der Waals surface area contributed by atoms with E-state index in [9.17, 15) is 31.1 Å². The molecule has 0 atom stereocenters. The second kappa shape index (κ2) is 7.85. The molecule has 158 valence electrons. The van der Waals surface area contributed by atoms with Crippen LogP contribution in [0.25, 0.3) is 22.9 Å². The number of nitrogens with zero attached hydrogens (tertiary/aromatic N) is 2. The minimum absolute atomic E-state index is 0.0148. The number of benzene rings is 1. The second-order valence-corrected chi connectivity index (χ2v) is 6.15. The highest BCUT2D eigenvalue weighted by Crippen LogP contribution is 2.34. The van der Waals surface area contributed by atoms with Crippen molar-refractivity contribution in [2.45, 2.75) is 19.3 Å². The van der Waals surface area contributed by atoms with E-state index in [1.807, 2.05) is 0 Å². The maximum atomic E-state index is 13.1. The van der Waals surface area contributed by atoms with Gasteiger partial charge in [0.2, 0.25) is 0 Å². The Morgan fingerprint density at radius 3 is 2.17 bits per heavy atom. The minimum Gasteiger partial charge on any atom is -0.463 e. The Kier molecular flexibility index (Phi) is 5.60. The topological polar surface area (TPSA) is 43.6 Å². The number of fused-ring (bicyclic) bond motifs is 1. The summed E-state index contributed by atoms with van der Waals surface area (Å²) in [7, 11) is 0. The van der Waals surface area contributed by atoms with Crippen molar-refractivity contribution < 1.29 is 35.9 Å². The van der Waals surface area contributed by atoms with Crippen molar-refractivity contribution in [2.75, 3.05) is 6.61 Å². The molecule has 4 nitrogen and oxygen atoms in total. The number of carbonyl (C=O) groups is 1. The molecule has 2 aromatic heterocycles. The molecule has 0 spiro atoms. The van der Waals surface area contributed by atoms with Gasteiger partial charge < -0.3 is 4.74 Å². The molecular formula is C20H14F6N2O2. The molecule has 3 rings (SSSR count). The molecular weight excluding hydrogens is 414 g/mol. The summed E-state index contributed by atoms with van der Waals surface area (Å²) >= 11 is 0. The highest BCUT2D eigenvalue weighted by Gasteiger charge is 2.32. The zero-order chi connectivity index (χ0) is 22.1. The largest absolute Gasteiger partial charge is 0.463 e. The monoisotopic (exact) mass is 428 g/mol. The van der Waals surface area contributed by atoms with E-state index in [1.54, 1.807) is 6.92 Å². The van der Waals surface area contributed by atoms with Crippen molar-refractivity contribution in [3.63, 3.8) is 0 Å². The third kappa shape index (κ3) is 4.47. The van der Waals surface area contributed by atoms with Crippen molar-refractivity contribution in [2.24, 2.45) is 0 Å². The molecule has 0 unspecified atom stereocenters. The van der Waals surface area contributed by atoms with Crippen LogP contribution in [0.3, 0.4) is 0 Å². The molecule has 30 heavy (non-hydrogen) atoms. The average Bonchev–Trinajstić information content (AvgIpc) is 3.03. The summed E-state index contributed by atoms with van der Waals surface area (Å²) in [5.41, 5.74) is -1.14. The van der Waals surface area contributed by atoms with Crippen LogP contribution < -0.4 is 0 Å². The molecule has 0 aliphatic rings. The molecule has 0 saturated carbocycles. The fourth-order valence-electron chi connectivity index (χ4n) is 2.76. The van der Waals surface area contributed by atoms with E-state index in [0.29, 0.717) is 0 Å². The average molecular weight is 428 g/mol. The molecule has 0 saturated heterocycles. The van der Waals surface area contributed by atoms with Crippen molar-refractivity contribution in [3.8, 4) is 11.3 Å². The number of aromatic nitrogens is 2. The summed E-state index contributed by atoms with van der Waals surface area (Å²) in [6.07, 6.45) is -6.15. The summed E-state index contributed by atoms with van der Waals surface area (Å²) < 4.78 is 83.6. The summed E-state index contributed by atoms with van der Waals surface area (Å²) in [6, 6.07) is 6.11.